The van der Waals surface area contributed by atoms with E-state index in [1.165, 1.54) is 17.7 Å². The van der Waals surface area contributed by atoms with Crippen LogP contribution in [0.2, 0.25) is 0 Å². The van der Waals surface area contributed by atoms with Crippen LogP contribution < -0.4 is 15.4 Å². The highest BCUT2D eigenvalue weighted by Gasteiger charge is 2.20. The van der Waals surface area contributed by atoms with Gasteiger partial charge in [0.25, 0.3) is 0 Å². The number of nitrogens with one attached hydrogen (secondary N) is 1. The van der Waals surface area contributed by atoms with Crippen molar-refractivity contribution >= 4 is 21.6 Å². The summed E-state index contributed by atoms with van der Waals surface area (Å²) in [6.45, 7) is 1.50. The normalized spacial score (nSPS) is 13.6. The van der Waals surface area contributed by atoms with Crippen molar-refractivity contribution in [2.75, 3.05) is 18.0 Å². The number of benzene rings is 2. The molecule has 126 valence electrons. The number of hydrogen-bond acceptors (Lipinski definition) is 4. The summed E-state index contributed by atoms with van der Waals surface area (Å²) in [6.07, 6.45) is 0.957. The number of fused-ring (bicyclic) bond motifs is 1. The third-order valence-corrected chi connectivity index (χ3v) is 4.99. The third-order valence-electron chi connectivity index (χ3n) is 4.06. The topological polar surface area (TPSA) is 92.5 Å². The second-order valence-corrected chi connectivity index (χ2v) is 7.33. The molecule has 1 aliphatic heterocycles. The van der Waals surface area contributed by atoms with E-state index in [2.05, 4.69) is 16.3 Å². The van der Waals surface area contributed by atoms with Gasteiger partial charge in [0.05, 0.1) is 11.4 Å². The lowest BCUT2D eigenvalue weighted by Crippen LogP contribution is -2.36. The van der Waals surface area contributed by atoms with E-state index in [0.717, 1.165) is 24.2 Å². The SMILES string of the molecule is NS(=O)(=O)c1ccc(CNC(=O)CN2CCc3ccccc32)cc1. The first-order valence-corrected chi connectivity index (χ1v) is 9.19. The Kier molecular flexibility index (Phi) is 4.55. The fourth-order valence-electron chi connectivity index (χ4n) is 2.80. The van der Waals surface area contributed by atoms with Crippen LogP contribution in [-0.4, -0.2) is 27.4 Å². The van der Waals surface area contributed by atoms with Crippen molar-refractivity contribution in [3.8, 4) is 0 Å². The van der Waals surface area contributed by atoms with E-state index in [-0.39, 0.29) is 10.8 Å². The van der Waals surface area contributed by atoms with Gasteiger partial charge in [-0.05, 0) is 35.7 Å². The quantitative estimate of drug-likeness (QED) is 0.846. The fraction of sp³-hybridized carbons (Fsp3) is 0.235. The van der Waals surface area contributed by atoms with Gasteiger partial charge in [-0.25, -0.2) is 13.6 Å². The van der Waals surface area contributed by atoms with E-state index in [9.17, 15) is 13.2 Å². The highest BCUT2D eigenvalue weighted by atomic mass is 32.2. The zero-order valence-corrected chi connectivity index (χ0v) is 13.9. The molecule has 1 amide bonds. The smallest absolute Gasteiger partial charge is 0.239 e. The molecule has 0 atom stereocenters. The second-order valence-electron chi connectivity index (χ2n) is 5.77. The molecule has 0 fully saturated rings. The Hall–Kier alpha value is -2.38. The van der Waals surface area contributed by atoms with Gasteiger partial charge in [-0.3, -0.25) is 4.79 Å². The molecule has 0 aliphatic carbocycles. The van der Waals surface area contributed by atoms with Crippen LogP contribution in [0.15, 0.2) is 53.4 Å². The lowest BCUT2D eigenvalue weighted by molar-refractivity contribution is -0.119. The number of hydrogen-bond donors (Lipinski definition) is 2. The molecule has 2 aromatic rings. The van der Waals surface area contributed by atoms with Crippen molar-refractivity contribution in [1.82, 2.24) is 5.32 Å². The average Bonchev–Trinajstić information content (AvgIpc) is 2.96. The van der Waals surface area contributed by atoms with Crippen molar-refractivity contribution < 1.29 is 13.2 Å². The maximum absolute atomic E-state index is 12.1. The minimum atomic E-state index is -3.69. The van der Waals surface area contributed by atoms with Gasteiger partial charge in [0.15, 0.2) is 0 Å². The number of sulfonamides is 1. The number of rotatable bonds is 5. The summed E-state index contributed by atoms with van der Waals surface area (Å²) >= 11 is 0. The minimum absolute atomic E-state index is 0.0613. The maximum atomic E-state index is 12.1. The zero-order valence-electron chi connectivity index (χ0n) is 13.1. The second kappa shape index (κ2) is 6.62. The predicted octanol–water partition coefficient (Wildman–Crippen LogP) is 1.01. The van der Waals surface area contributed by atoms with Crippen molar-refractivity contribution in [3.63, 3.8) is 0 Å². The molecule has 0 saturated heterocycles. The number of nitrogens with two attached hydrogens (primary N) is 1. The molecule has 7 heteroatoms. The van der Waals surface area contributed by atoms with Crippen LogP contribution in [0, 0.1) is 0 Å². The van der Waals surface area contributed by atoms with Crippen LogP contribution in [0.5, 0.6) is 0 Å². The number of primary sulfonamides is 1. The summed E-state index contributed by atoms with van der Waals surface area (Å²) in [5, 5.41) is 7.91. The lowest BCUT2D eigenvalue weighted by atomic mass is 10.2. The van der Waals surface area contributed by atoms with Crippen LogP contribution in [0.4, 0.5) is 5.69 Å². The maximum Gasteiger partial charge on any atom is 0.239 e. The van der Waals surface area contributed by atoms with Gasteiger partial charge < -0.3 is 10.2 Å². The molecule has 0 radical (unpaired) electrons. The molecule has 1 aliphatic rings. The van der Waals surface area contributed by atoms with E-state index >= 15 is 0 Å². The Morgan fingerprint density at radius 1 is 1.12 bits per heavy atom. The number of anilines is 1. The number of carbonyl (C=O) groups excluding carboxylic acids is 1. The molecular formula is C17H19N3O3S. The van der Waals surface area contributed by atoms with Crippen LogP contribution in [0.3, 0.4) is 0 Å². The van der Waals surface area contributed by atoms with Crippen molar-refractivity contribution in [3.05, 3.63) is 59.7 Å². The number of nitrogens with zero attached hydrogens (tertiary/aromatic N) is 1. The summed E-state index contributed by atoms with van der Waals surface area (Å²) in [6, 6.07) is 14.3. The largest absolute Gasteiger partial charge is 0.362 e. The summed E-state index contributed by atoms with van der Waals surface area (Å²) in [4.78, 5) is 14.3. The molecule has 1 heterocycles. The Bertz CT molecular complexity index is 848. The molecule has 2 aromatic carbocycles. The van der Waals surface area contributed by atoms with Crippen molar-refractivity contribution in [1.29, 1.82) is 0 Å². The Labute approximate surface area is 141 Å². The van der Waals surface area contributed by atoms with Gasteiger partial charge in [0.1, 0.15) is 0 Å². The van der Waals surface area contributed by atoms with E-state index in [1.807, 2.05) is 18.2 Å². The predicted molar refractivity (Wildman–Crippen MR) is 92.0 cm³/mol. The number of amides is 1. The molecule has 0 unspecified atom stereocenters. The van der Waals surface area contributed by atoms with Crippen LogP contribution in [-0.2, 0) is 27.8 Å². The van der Waals surface area contributed by atoms with Crippen molar-refractivity contribution in [2.24, 2.45) is 5.14 Å². The molecule has 0 spiro atoms. The zero-order chi connectivity index (χ0) is 17.2. The van der Waals surface area contributed by atoms with E-state index < -0.39 is 10.0 Å². The highest BCUT2D eigenvalue weighted by molar-refractivity contribution is 7.89. The molecule has 0 bridgehead atoms. The molecule has 0 aromatic heterocycles. The highest BCUT2D eigenvalue weighted by Crippen LogP contribution is 2.26. The molecule has 0 saturated carbocycles. The summed E-state index contributed by atoms with van der Waals surface area (Å²) in [7, 11) is -3.69. The Morgan fingerprint density at radius 2 is 1.83 bits per heavy atom. The first-order chi connectivity index (χ1) is 11.4. The third kappa shape index (κ3) is 3.74. The Morgan fingerprint density at radius 3 is 2.54 bits per heavy atom. The van der Waals surface area contributed by atoms with Crippen LogP contribution >= 0.6 is 0 Å². The average molecular weight is 345 g/mol. The Balaban J connectivity index is 1.55. The van der Waals surface area contributed by atoms with E-state index in [1.54, 1.807) is 12.1 Å². The monoisotopic (exact) mass is 345 g/mol. The number of para-hydroxylation sites is 1. The van der Waals surface area contributed by atoms with Gasteiger partial charge in [0.2, 0.25) is 15.9 Å². The number of carbonyl (C=O) groups is 1. The van der Waals surface area contributed by atoms with Crippen molar-refractivity contribution in [2.45, 2.75) is 17.9 Å². The van der Waals surface area contributed by atoms with E-state index in [4.69, 9.17) is 5.14 Å². The van der Waals surface area contributed by atoms with Gasteiger partial charge in [-0.2, -0.15) is 0 Å². The fourth-order valence-corrected chi connectivity index (χ4v) is 3.31. The molecular weight excluding hydrogens is 326 g/mol. The van der Waals surface area contributed by atoms with Gasteiger partial charge >= 0.3 is 0 Å². The van der Waals surface area contributed by atoms with E-state index in [0.29, 0.717) is 13.1 Å². The van der Waals surface area contributed by atoms with Gasteiger partial charge in [0, 0.05) is 18.8 Å². The molecule has 3 N–H and O–H groups in total. The lowest BCUT2D eigenvalue weighted by Gasteiger charge is -2.18. The molecule has 24 heavy (non-hydrogen) atoms. The minimum Gasteiger partial charge on any atom is -0.362 e. The van der Waals surface area contributed by atoms with Gasteiger partial charge in [-0.15, -0.1) is 0 Å². The summed E-state index contributed by atoms with van der Waals surface area (Å²) in [5.41, 5.74) is 3.20. The van der Waals surface area contributed by atoms with Gasteiger partial charge in [-0.1, -0.05) is 30.3 Å². The molecule has 3 rings (SSSR count). The summed E-state index contributed by atoms with van der Waals surface area (Å²) in [5.74, 6) is -0.0674. The summed E-state index contributed by atoms with van der Waals surface area (Å²) < 4.78 is 22.4. The van der Waals surface area contributed by atoms with Crippen LogP contribution in [0.1, 0.15) is 11.1 Å². The first-order valence-electron chi connectivity index (χ1n) is 7.65. The standard InChI is InChI=1S/C17H19N3O3S/c18-24(22,23)15-7-5-13(6-8-15)11-19-17(21)12-20-10-9-14-3-1-2-4-16(14)20/h1-8H,9-12H2,(H,19,21)(H2,18,22,23). The van der Waals surface area contributed by atoms with Crippen LogP contribution in [0.25, 0.3) is 0 Å². The first kappa shape index (κ1) is 16.5. The molecule has 6 nitrogen and oxygen atoms in total.